The molecule has 1 N–H and O–H groups in total. The number of aliphatic hydroxyl groups is 1. The SMILES string of the molecule is CCCC(C)OCCOCCOCCOCCO. The maximum absolute atomic E-state index is 8.46. The summed E-state index contributed by atoms with van der Waals surface area (Å²) >= 11 is 0. The van der Waals surface area contributed by atoms with E-state index in [1.165, 1.54) is 0 Å². The van der Waals surface area contributed by atoms with Crippen molar-refractivity contribution in [3.8, 4) is 0 Å². The molecule has 0 radical (unpaired) electrons. The fourth-order valence-electron chi connectivity index (χ4n) is 1.40. The highest BCUT2D eigenvalue weighted by molar-refractivity contribution is 4.47. The minimum atomic E-state index is 0.0551. The largest absolute Gasteiger partial charge is 0.394 e. The van der Waals surface area contributed by atoms with Crippen molar-refractivity contribution in [1.82, 2.24) is 0 Å². The van der Waals surface area contributed by atoms with E-state index in [2.05, 4.69) is 13.8 Å². The van der Waals surface area contributed by atoms with Crippen LogP contribution in [-0.4, -0.2) is 64.1 Å². The Labute approximate surface area is 110 Å². The first-order chi connectivity index (χ1) is 8.81. The number of hydrogen-bond donors (Lipinski definition) is 1. The highest BCUT2D eigenvalue weighted by Gasteiger charge is 1.99. The average Bonchev–Trinajstić information content (AvgIpc) is 2.36. The van der Waals surface area contributed by atoms with Crippen LogP contribution in [0.2, 0.25) is 0 Å². The van der Waals surface area contributed by atoms with Gasteiger partial charge < -0.3 is 24.1 Å². The Balaban J connectivity index is 2.98. The normalized spacial score (nSPS) is 12.8. The van der Waals surface area contributed by atoms with Crippen LogP contribution in [0.25, 0.3) is 0 Å². The zero-order valence-corrected chi connectivity index (χ0v) is 11.7. The van der Waals surface area contributed by atoms with Gasteiger partial charge in [-0.05, 0) is 13.3 Å². The molecule has 0 rings (SSSR count). The Kier molecular flexibility index (Phi) is 14.7. The summed E-state index contributed by atoms with van der Waals surface area (Å²) in [5, 5.41) is 8.46. The van der Waals surface area contributed by atoms with Gasteiger partial charge in [-0.2, -0.15) is 0 Å². The van der Waals surface area contributed by atoms with Crippen LogP contribution in [0.15, 0.2) is 0 Å². The molecule has 0 aliphatic heterocycles. The van der Waals surface area contributed by atoms with Gasteiger partial charge in [0.25, 0.3) is 0 Å². The third-order valence-corrected chi connectivity index (χ3v) is 2.30. The van der Waals surface area contributed by atoms with E-state index in [-0.39, 0.29) is 6.61 Å². The molecular weight excluding hydrogens is 236 g/mol. The van der Waals surface area contributed by atoms with Gasteiger partial charge in [0.2, 0.25) is 0 Å². The first kappa shape index (κ1) is 17.8. The number of aliphatic hydroxyl groups excluding tert-OH is 1. The number of rotatable bonds is 14. The van der Waals surface area contributed by atoms with Gasteiger partial charge in [-0.25, -0.2) is 0 Å². The molecule has 0 aromatic rings. The summed E-state index contributed by atoms with van der Waals surface area (Å²) < 4.78 is 21.2. The molecule has 110 valence electrons. The molecule has 1 atom stereocenters. The molecule has 0 aromatic heterocycles. The summed E-state index contributed by atoms with van der Waals surface area (Å²) in [5.41, 5.74) is 0. The summed E-state index contributed by atoms with van der Waals surface area (Å²) in [6, 6.07) is 0. The van der Waals surface area contributed by atoms with E-state index in [1.54, 1.807) is 0 Å². The number of hydrogen-bond acceptors (Lipinski definition) is 5. The van der Waals surface area contributed by atoms with Crippen molar-refractivity contribution in [2.24, 2.45) is 0 Å². The van der Waals surface area contributed by atoms with E-state index in [4.69, 9.17) is 24.1 Å². The Morgan fingerprint density at radius 1 is 0.833 bits per heavy atom. The first-order valence-electron chi connectivity index (χ1n) is 6.77. The van der Waals surface area contributed by atoms with Crippen molar-refractivity contribution < 1.29 is 24.1 Å². The summed E-state index contributed by atoms with van der Waals surface area (Å²) in [5.74, 6) is 0. The molecule has 1 unspecified atom stereocenters. The van der Waals surface area contributed by atoms with Gasteiger partial charge in [-0.15, -0.1) is 0 Å². The van der Waals surface area contributed by atoms with Crippen LogP contribution >= 0.6 is 0 Å². The Bertz CT molecular complexity index is 154. The van der Waals surface area contributed by atoms with E-state index in [0.717, 1.165) is 12.8 Å². The Hall–Kier alpha value is -0.200. The lowest BCUT2D eigenvalue weighted by Crippen LogP contribution is -2.15. The van der Waals surface area contributed by atoms with Crippen molar-refractivity contribution in [3.63, 3.8) is 0 Å². The van der Waals surface area contributed by atoms with Crippen LogP contribution < -0.4 is 0 Å². The van der Waals surface area contributed by atoms with Crippen LogP contribution in [0.1, 0.15) is 26.7 Å². The van der Waals surface area contributed by atoms with Gasteiger partial charge in [0.1, 0.15) is 0 Å². The van der Waals surface area contributed by atoms with Gasteiger partial charge in [-0.3, -0.25) is 0 Å². The third kappa shape index (κ3) is 13.9. The van der Waals surface area contributed by atoms with Crippen LogP contribution in [0, 0.1) is 0 Å². The first-order valence-corrected chi connectivity index (χ1v) is 6.77. The fraction of sp³-hybridized carbons (Fsp3) is 1.00. The highest BCUT2D eigenvalue weighted by atomic mass is 16.6. The van der Waals surface area contributed by atoms with Crippen molar-refractivity contribution in [2.45, 2.75) is 32.8 Å². The topological polar surface area (TPSA) is 57.2 Å². The molecular formula is C13H28O5. The van der Waals surface area contributed by atoms with Gasteiger partial charge >= 0.3 is 0 Å². The lowest BCUT2D eigenvalue weighted by atomic mass is 10.2. The predicted octanol–water partition coefficient (Wildman–Crippen LogP) is 1.23. The lowest BCUT2D eigenvalue weighted by molar-refractivity contribution is -0.0182. The van der Waals surface area contributed by atoms with E-state index < -0.39 is 0 Å². The van der Waals surface area contributed by atoms with Gasteiger partial charge in [0, 0.05) is 0 Å². The quantitative estimate of drug-likeness (QED) is 0.478. The van der Waals surface area contributed by atoms with Gasteiger partial charge in [0.15, 0.2) is 0 Å². The zero-order chi connectivity index (χ0) is 13.5. The van der Waals surface area contributed by atoms with Crippen LogP contribution in [-0.2, 0) is 18.9 Å². The average molecular weight is 264 g/mol. The van der Waals surface area contributed by atoms with E-state index in [9.17, 15) is 0 Å². The van der Waals surface area contributed by atoms with Gasteiger partial charge in [0.05, 0.1) is 59.0 Å². The second kappa shape index (κ2) is 14.9. The van der Waals surface area contributed by atoms with Crippen LogP contribution in [0.5, 0.6) is 0 Å². The molecule has 0 fully saturated rings. The molecule has 0 spiro atoms. The molecule has 18 heavy (non-hydrogen) atoms. The monoisotopic (exact) mass is 264 g/mol. The summed E-state index contributed by atoms with van der Waals surface area (Å²) in [4.78, 5) is 0. The second-order valence-corrected chi connectivity index (χ2v) is 4.03. The maximum Gasteiger partial charge on any atom is 0.0704 e. The predicted molar refractivity (Wildman–Crippen MR) is 69.9 cm³/mol. The smallest absolute Gasteiger partial charge is 0.0704 e. The molecule has 0 bridgehead atoms. The van der Waals surface area contributed by atoms with Crippen molar-refractivity contribution >= 4 is 0 Å². The molecule has 5 nitrogen and oxygen atoms in total. The molecule has 0 aliphatic rings. The molecule has 0 saturated carbocycles. The highest BCUT2D eigenvalue weighted by Crippen LogP contribution is 1.99. The number of ether oxygens (including phenoxy) is 4. The molecule has 0 heterocycles. The third-order valence-electron chi connectivity index (χ3n) is 2.30. The van der Waals surface area contributed by atoms with Crippen LogP contribution in [0.3, 0.4) is 0 Å². The maximum atomic E-state index is 8.46. The fourth-order valence-corrected chi connectivity index (χ4v) is 1.40. The van der Waals surface area contributed by atoms with Gasteiger partial charge in [-0.1, -0.05) is 13.3 Å². The zero-order valence-electron chi connectivity index (χ0n) is 11.7. The minimum Gasteiger partial charge on any atom is -0.394 e. The summed E-state index contributed by atoms with van der Waals surface area (Å²) in [6.07, 6.45) is 2.56. The van der Waals surface area contributed by atoms with Crippen LogP contribution in [0.4, 0.5) is 0 Å². The summed E-state index contributed by atoms with van der Waals surface area (Å²) in [7, 11) is 0. The minimum absolute atomic E-state index is 0.0551. The second-order valence-electron chi connectivity index (χ2n) is 4.03. The molecule has 0 saturated heterocycles. The lowest BCUT2D eigenvalue weighted by Gasteiger charge is -2.12. The molecule has 5 heteroatoms. The van der Waals surface area contributed by atoms with Crippen molar-refractivity contribution in [1.29, 1.82) is 0 Å². The Morgan fingerprint density at radius 2 is 1.33 bits per heavy atom. The standard InChI is InChI=1S/C13H28O5/c1-3-4-13(2)18-12-11-17-10-9-16-8-7-15-6-5-14/h13-14H,3-12H2,1-2H3. The Morgan fingerprint density at radius 3 is 1.83 bits per heavy atom. The van der Waals surface area contributed by atoms with E-state index >= 15 is 0 Å². The molecule has 0 amide bonds. The molecule has 0 aromatic carbocycles. The van der Waals surface area contributed by atoms with E-state index in [0.29, 0.717) is 52.4 Å². The van der Waals surface area contributed by atoms with Crippen molar-refractivity contribution in [3.05, 3.63) is 0 Å². The molecule has 0 aliphatic carbocycles. The summed E-state index contributed by atoms with van der Waals surface area (Å²) in [6.45, 7) is 8.09. The van der Waals surface area contributed by atoms with E-state index in [1.807, 2.05) is 0 Å². The van der Waals surface area contributed by atoms with Crippen molar-refractivity contribution in [2.75, 3.05) is 52.9 Å².